The third-order valence-electron chi connectivity index (χ3n) is 3.45. The number of rotatable bonds is 4. The van der Waals surface area contributed by atoms with Gasteiger partial charge in [-0.3, -0.25) is 10.1 Å². The van der Waals surface area contributed by atoms with E-state index in [1.165, 1.54) is 24.3 Å². The molecule has 118 valence electrons. The molecular weight excluding hydrogens is 318 g/mol. The minimum absolute atomic E-state index is 0. The molecule has 7 nitrogen and oxygen atoms in total. The molecule has 0 aliphatic heterocycles. The summed E-state index contributed by atoms with van der Waals surface area (Å²) >= 11 is 0. The molecule has 21 heavy (non-hydrogen) atoms. The highest BCUT2D eigenvalue weighted by atomic mass is 35.5. The maximum atomic E-state index is 12.3. The van der Waals surface area contributed by atoms with E-state index in [1.807, 2.05) is 0 Å². The monoisotopic (exact) mass is 335 g/mol. The number of nitrogens with two attached hydrogens (primary N) is 1. The minimum Gasteiger partial charge on any atom is -0.328 e. The summed E-state index contributed by atoms with van der Waals surface area (Å²) in [7, 11) is -3.89. The summed E-state index contributed by atoms with van der Waals surface area (Å²) in [6, 6.07) is 5.25. The Hall–Kier alpha value is -1.22. The molecular formula is C12H18ClN3O4S. The smallest absolute Gasteiger partial charge is 0.289 e. The summed E-state index contributed by atoms with van der Waals surface area (Å²) in [5, 5.41) is 10.9. The van der Waals surface area contributed by atoms with Gasteiger partial charge in [0, 0.05) is 18.2 Å². The van der Waals surface area contributed by atoms with Crippen molar-refractivity contribution in [3.05, 3.63) is 34.4 Å². The van der Waals surface area contributed by atoms with Crippen molar-refractivity contribution in [2.24, 2.45) is 5.73 Å². The first-order chi connectivity index (χ1) is 9.40. The van der Waals surface area contributed by atoms with E-state index in [0.29, 0.717) is 12.8 Å². The Balaban J connectivity index is 0.00000220. The number of nitro groups is 1. The van der Waals surface area contributed by atoms with Crippen LogP contribution in [0.15, 0.2) is 29.2 Å². The Kier molecular flexibility index (Phi) is 6.09. The van der Waals surface area contributed by atoms with Gasteiger partial charge in [-0.15, -0.1) is 12.4 Å². The molecule has 2 rings (SSSR count). The molecule has 0 unspecified atom stereocenters. The minimum atomic E-state index is -3.89. The average Bonchev–Trinajstić information content (AvgIpc) is 2.41. The molecule has 0 radical (unpaired) electrons. The van der Waals surface area contributed by atoms with Gasteiger partial charge >= 0.3 is 0 Å². The molecule has 1 aromatic carbocycles. The summed E-state index contributed by atoms with van der Waals surface area (Å²) in [4.78, 5) is 9.92. The van der Waals surface area contributed by atoms with Crippen LogP contribution in [0.5, 0.6) is 0 Å². The van der Waals surface area contributed by atoms with Gasteiger partial charge in [0.2, 0.25) is 10.0 Å². The van der Waals surface area contributed by atoms with Crippen LogP contribution in [0.2, 0.25) is 0 Å². The maximum Gasteiger partial charge on any atom is 0.289 e. The SMILES string of the molecule is Cl.NC1CCC(NS(=O)(=O)c2ccccc2[N+](=O)[O-])CC1. The van der Waals surface area contributed by atoms with Gasteiger partial charge in [-0.1, -0.05) is 12.1 Å². The van der Waals surface area contributed by atoms with Gasteiger partial charge in [0.15, 0.2) is 4.90 Å². The fourth-order valence-corrected chi connectivity index (χ4v) is 3.83. The van der Waals surface area contributed by atoms with E-state index in [2.05, 4.69) is 4.72 Å². The zero-order valence-electron chi connectivity index (χ0n) is 11.3. The Morgan fingerprint density at radius 3 is 2.33 bits per heavy atom. The summed E-state index contributed by atoms with van der Waals surface area (Å²) in [6.45, 7) is 0. The van der Waals surface area contributed by atoms with Crippen LogP contribution in [0.4, 0.5) is 5.69 Å². The van der Waals surface area contributed by atoms with Crippen molar-refractivity contribution in [3.8, 4) is 0 Å². The number of sulfonamides is 1. The van der Waals surface area contributed by atoms with Crippen molar-refractivity contribution in [1.82, 2.24) is 4.72 Å². The molecule has 3 N–H and O–H groups in total. The standard InChI is InChI=1S/C12H17N3O4S.ClH/c13-9-5-7-10(8-6-9)14-20(18,19)12-4-2-1-3-11(12)15(16)17;/h1-4,9-10,14H,5-8,13H2;1H. The predicted octanol–water partition coefficient (Wildman–Crippen LogP) is 1.56. The molecule has 9 heteroatoms. The molecule has 1 fully saturated rings. The maximum absolute atomic E-state index is 12.3. The molecule has 1 saturated carbocycles. The average molecular weight is 336 g/mol. The van der Waals surface area contributed by atoms with Crippen LogP contribution >= 0.6 is 12.4 Å². The van der Waals surface area contributed by atoms with E-state index in [1.54, 1.807) is 0 Å². The summed E-state index contributed by atoms with van der Waals surface area (Å²) in [5.74, 6) is 0. The third kappa shape index (κ3) is 4.37. The predicted molar refractivity (Wildman–Crippen MR) is 80.9 cm³/mol. The van der Waals surface area contributed by atoms with Crippen LogP contribution in [0, 0.1) is 10.1 Å². The zero-order valence-corrected chi connectivity index (χ0v) is 12.9. The number of hydrogen-bond donors (Lipinski definition) is 2. The first-order valence-electron chi connectivity index (χ1n) is 6.41. The highest BCUT2D eigenvalue weighted by Crippen LogP contribution is 2.25. The Morgan fingerprint density at radius 1 is 1.19 bits per heavy atom. The van der Waals surface area contributed by atoms with Crippen LogP contribution in [0.25, 0.3) is 0 Å². The quantitative estimate of drug-likeness (QED) is 0.640. The fraction of sp³-hybridized carbons (Fsp3) is 0.500. The summed E-state index contributed by atoms with van der Waals surface area (Å²) < 4.78 is 27.1. The molecule has 1 aromatic rings. The summed E-state index contributed by atoms with van der Waals surface area (Å²) in [6.07, 6.45) is 2.82. The lowest BCUT2D eigenvalue weighted by molar-refractivity contribution is -0.387. The second-order valence-electron chi connectivity index (χ2n) is 4.96. The zero-order chi connectivity index (χ0) is 14.8. The molecule has 0 atom stereocenters. The second kappa shape index (κ2) is 7.17. The fourth-order valence-electron chi connectivity index (χ4n) is 2.36. The molecule has 0 saturated heterocycles. The second-order valence-corrected chi connectivity index (χ2v) is 6.64. The van der Waals surface area contributed by atoms with E-state index in [9.17, 15) is 18.5 Å². The normalized spacial score (nSPS) is 22.3. The van der Waals surface area contributed by atoms with Gasteiger partial charge < -0.3 is 5.73 Å². The van der Waals surface area contributed by atoms with Crippen molar-refractivity contribution in [3.63, 3.8) is 0 Å². The van der Waals surface area contributed by atoms with E-state index in [4.69, 9.17) is 5.73 Å². The lowest BCUT2D eigenvalue weighted by Gasteiger charge is -2.26. The molecule has 1 aliphatic rings. The first kappa shape index (κ1) is 17.8. The highest BCUT2D eigenvalue weighted by molar-refractivity contribution is 7.89. The van der Waals surface area contributed by atoms with Gasteiger partial charge in [0.1, 0.15) is 0 Å². The van der Waals surface area contributed by atoms with Crippen molar-refractivity contribution >= 4 is 28.1 Å². The van der Waals surface area contributed by atoms with Gasteiger partial charge in [0.05, 0.1) is 4.92 Å². The first-order valence-corrected chi connectivity index (χ1v) is 7.90. The van der Waals surface area contributed by atoms with E-state index >= 15 is 0 Å². The number of hydrogen-bond acceptors (Lipinski definition) is 5. The number of nitrogens with one attached hydrogen (secondary N) is 1. The number of para-hydroxylation sites is 1. The van der Waals surface area contributed by atoms with Crippen molar-refractivity contribution in [2.75, 3.05) is 0 Å². The molecule has 0 aromatic heterocycles. The molecule has 0 heterocycles. The van der Waals surface area contributed by atoms with Gasteiger partial charge in [0.25, 0.3) is 5.69 Å². The Bertz CT molecular complexity index is 600. The highest BCUT2D eigenvalue weighted by Gasteiger charge is 2.29. The number of benzene rings is 1. The van der Waals surface area contributed by atoms with E-state index in [0.717, 1.165) is 12.8 Å². The summed E-state index contributed by atoms with van der Waals surface area (Å²) in [5.41, 5.74) is 5.36. The van der Waals surface area contributed by atoms with Gasteiger partial charge in [-0.2, -0.15) is 0 Å². The van der Waals surface area contributed by atoms with Crippen molar-refractivity contribution < 1.29 is 13.3 Å². The van der Waals surface area contributed by atoms with Crippen LogP contribution in [-0.4, -0.2) is 25.4 Å². The largest absolute Gasteiger partial charge is 0.328 e. The van der Waals surface area contributed by atoms with Crippen LogP contribution < -0.4 is 10.5 Å². The molecule has 0 bridgehead atoms. The Morgan fingerprint density at radius 2 is 1.76 bits per heavy atom. The van der Waals surface area contributed by atoms with E-state index in [-0.39, 0.29) is 29.4 Å². The van der Waals surface area contributed by atoms with Crippen LogP contribution in [0.1, 0.15) is 25.7 Å². The third-order valence-corrected chi connectivity index (χ3v) is 5.01. The number of halogens is 1. The topological polar surface area (TPSA) is 115 Å². The van der Waals surface area contributed by atoms with Crippen molar-refractivity contribution in [1.29, 1.82) is 0 Å². The van der Waals surface area contributed by atoms with Gasteiger partial charge in [-0.05, 0) is 31.7 Å². The van der Waals surface area contributed by atoms with Gasteiger partial charge in [-0.25, -0.2) is 13.1 Å². The lowest BCUT2D eigenvalue weighted by atomic mass is 9.93. The van der Waals surface area contributed by atoms with E-state index < -0.39 is 20.6 Å². The molecule has 0 spiro atoms. The molecule has 1 aliphatic carbocycles. The lowest BCUT2D eigenvalue weighted by Crippen LogP contribution is -2.40. The van der Waals surface area contributed by atoms with Crippen LogP contribution in [0.3, 0.4) is 0 Å². The van der Waals surface area contributed by atoms with Crippen molar-refractivity contribution in [2.45, 2.75) is 42.7 Å². The Labute approximate surface area is 129 Å². The molecule has 0 amide bonds. The number of nitrogens with zero attached hydrogens (tertiary/aromatic N) is 1. The van der Waals surface area contributed by atoms with Crippen LogP contribution in [-0.2, 0) is 10.0 Å². The number of nitro benzene ring substituents is 1.